The van der Waals surface area contributed by atoms with Crippen LogP contribution in [0.2, 0.25) is 0 Å². The topological polar surface area (TPSA) is 27.7 Å². The first-order valence-electron chi connectivity index (χ1n) is 6.57. The second-order valence-corrected chi connectivity index (χ2v) is 5.23. The average molecular weight is 228 g/mol. The molecule has 3 nitrogen and oxygen atoms in total. The fourth-order valence-electron chi connectivity index (χ4n) is 2.34. The lowest BCUT2D eigenvalue weighted by atomic mass is 9.84. The van der Waals surface area contributed by atoms with E-state index in [-0.39, 0.29) is 0 Å². The molecule has 2 saturated heterocycles. The van der Waals surface area contributed by atoms with Gasteiger partial charge in [0, 0.05) is 17.9 Å². The lowest BCUT2D eigenvalue weighted by Crippen LogP contribution is -2.46. The highest BCUT2D eigenvalue weighted by molar-refractivity contribution is 4.84. The maximum atomic E-state index is 5.77. The Kier molecular flexibility index (Phi) is 4.22. The molecule has 0 N–H and O–H groups in total. The Hall–Kier alpha value is -0.120. The first-order valence-corrected chi connectivity index (χ1v) is 6.57. The molecule has 0 amide bonds. The molecule has 0 aromatic rings. The van der Waals surface area contributed by atoms with Gasteiger partial charge in [0.15, 0.2) is 0 Å². The minimum atomic E-state index is 0.324. The van der Waals surface area contributed by atoms with Gasteiger partial charge in [0.25, 0.3) is 0 Å². The fraction of sp³-hybridized carbons (Fsp3) is 1.00. The fourth-order valence-corrected chi connectivity index (χ4v) is 2.34. The predicted molar refractivity (Wildman–Crippen MR) is 62.5 cm³/mol. The minimum Gasteiger partial charge on any atom is -0.381 e. The van der Waals surface area contributed by atoms with Crippen LogP contribution in [0.4, 0.5) is 0 Å². The minimum absolute atomic E-state index is 0.324. The molecule has 0 spiro atoms. The summed E-state index contributed by atoms with van der Waals surface area (Å²) >= 11 is 0. The number of hydrogen-bond acceptors (Lipinski definition) is 3. The Morgan fingerprint density at radius 1 is 1.31 bits per heavy atom. The third-order valence-corrected chi connectivity index (χ3v) is 4.10. The molecule has 2 fully saturated rings. The predicted octanol–water partition coefficient (Wildman–Crippen LogP) is 2.24. The number of rotatable bonds is 7. The van der Waals surface area contributed by atoms with E-state index in [0.29, 0.717) is 11.5 Å². The van der Waals surface area contributed by atoms with E-state index in [1.165, 1.54) is 6.42 Å². The number of ether oxygens (including phenoxy) is 3. The zero-order chi connectivity index (χ0) is 11.4. The van der Waals surface area contributed by atoms with Crippen LogP contribution in [0, 0.1) is 11.3 Å². The molecule has 2 unspecified atom stereocenters. The van der Waals surface area contributed by atoms with Gasteiger partial charge >= 0.3 is 0 Å². The van der Waals surface area contributed by atoms with E-state index in [1.54, 1.807) is 0 Å². The second-order valence-electron chi connectivity index (χ2n) is 5.23. The summed E-state index contributed by atoms with van der Waals surface area (Å²) in [7, 11) is 0. The summed E-state index contributed by atoms with van der Waals surface area (Å²) in [6, 6.07) is 0. The molecular formula is C13H24O3. The van der Waals surface area contributed by atoms with Crippen LogP contribution in [-0.2, 0) is 14.2 Å². The van der Waals surface area contributed by atoms with Crippen LogP contribution in [0.25, 0.3) is 0 Å². The van der Waals surface area contributed by atoms with E-state index in [1.807, 2.05) is 0 Å². The van der Waals surface area contributed by atoms with Crippen LogP contribution < -0.4 is 0 Å². The molecule has 0 aliphatic carbocycles. The third kappa shape index (κ3) is 2.58. The van der Waals surface area contributed by atoms with Crippen molar-refractivity contribution in [2.24, 2.45) is 11.3 Å². The quantitative estimate of drug-likeness (QED) is 0.625. The van der Waals surface area contributed by atoms with Crippen molar-refractivity contribution < 1.29 is 14.2 Å². The molecule has 16 heavy (non-hydrogen) atoms. The lowest BCUT2D eigenvalue weighted by Gasteiger charge is -2.41. The standard InChI is InChI=1S/C13H24O3/c1-3-11-7-16-12(11)5-6-14-8-13(4-2)9-15-10-13/h11-12H,3-10H2,1-2H3. The molecule has 2 heterocycles. The summed E-state index contributed by atoms with van der Waals surface area (Å²) < 4.78 is 16.6. The van der Waals surface area contributed by atoms with E-state index < -0.39 is 0 Å². The summed E-state index contributed by atoms with van der Waals surface area (Å²) in [5.41, 5.74) is 0.324. The Morgan fingerprint density at radius 2 is 2.12 bits per heavy atom. The first kappa shape index (κ1) is 12.3. The molecule has 0 aromatic carbocycles. The number of hydrogen-bond donors (Lipinski definition) is 0. The van der Waals surface area contributed by atoms with E-state index in [9.17, 15) is 0 Å². The summed E-state index contributed by atoms with van der Waals surface area (Å²) in [5, 5.41) is 0. The second kappa shape index (κ2) is 5.48. The summed E-state index contributed by atoms with van der Waals surface area (Å²) in [4.78, 5) is 0. The molecule has 0 aromatic heterocycles. The van der Waals surface area contributed by atoms with E-state index in [2.05, 4.69) is 13.8 Å². The van der Waals surface area contributed by atoms with Gasteiger partial charge in [-0.05, 0) is 19.3 Å². The molecule has 94 valence electrons. The molecule has 2 rings (SSSR count). The average Bonchev–Trinajstić information content (AvgIpc) is 2.20. The van der Waals surface area contributed by atoms with Crippen molar-refractivity contribution in [1.29, 1.82) is 0 Å². The Morgan fingerprint density at radius 3 is 2.56 bits per heavy atom. The van der Waals surface area contributed by atoms with Gasteiger partial charge in [0.2, 0.25) is 0 Å². The van der Waals surface area contributed by atoms with Gasteiger partial charge in [-0.1, -0.05) is 13.8 Å². The molecule has 3 heteroatoms. The maximum absolute atomic E-state index is 5.77. The Labute approximate surface area is 98.4 Å². The molecule has 0 radical (unpaired) electrons. The normalized spacial score (nSPS) is 31.9. The van der Waals surface area contributed by atoms with Crippen molar-refractivity contribution in [2.75, 3.05) is 33.0 Å². The maximum Gasteiger partial charge on any atom is 0.0647 e. The van der Waals surface area contributed by atoms with Gasteiger partial charge < -0.3 is 14.2 Å². The van der Waals surface area contributed by atoms with Crippen LogP contribution in [0.5, 0.6) is 0 Å². The molecule has 2 aliphatic heterocycles. The molecule has 2 aliphatic rings. The summed E-state index contributed by atoms with van der Waals surface area (Å²) in [5.74, 6) is 0.774. The van der Waals surface area contributed by atoms with Crippen LogP contribution >= 0.6 is 0 Å². The monoisotopic (exact) mass is 228 g/mol. The molecule has 0 saturated carbocycles. The molecular weight excluding hydrogens is 204 g/mol. The zero-order valence-electron chi connectivity index (χ0n) is 10.5. The van der Waals surface area contributed by atoms with Gasteiger partial charge in [-0.3, -0.25) is 0 Å². The molecule has 2 atom stereocenters. The van der Waals surface area contributed by atoms with Crippen LogP contribution in [0.15, 0.2) is 0 Å². The highest BCUT2D eigenvalue weighted by atomic mass is 16.5. The largest absolute Gasteiger partial charge is 0.381 e. The van der Waals surface area contributed by atoms with E-state index >= 15 is 0 Å². The van der Waals surface area contributed by atoms with Crippen molar-refractivity contribution in [2.45, 2.75) is 39.2 Å². The van der Waals surface area contributed by atoms with Gasteiger partial charge in [0.05, 0.1) is 32.5 Å². The first-order chi connectivity index (χ1) is 7.79. The zero-order valence-corrected chi connectivity index (χ0v) is 10.5. The van der Waals surface area contributed by atoms with Crippen molar-refractivity contribution in [1.82, 2.24) is 0 Å². The van der Waals surface area contributed by atoms with Gasteiger partial charge in [-0.15, -0.1) is 0 Å². The van der Waals surface area contributed by atoms with Crippen molar-refractivity contribution in [3.05, 3.63) is 0 Å². The van der Waals surface area contributed by atoms with Gasteiger partial charge in [0.1, 0.15) is 0 Å². The van der Waals surface area contributed by atoms with Crippen LogP contribution in [-0.4, -0.2) is 39.1 Å². The van der Waals surface area contributed by atoms with Crippen molar-refractivity contribution in [3.63, 3.8) is 0 Å². The lowest BCUT2D eigenvalue weighted by molar-refractivity contribution is -0.160. The highest BCUT2D eigenvalue weighted by Crippen LogP contribution is 2.32. The summed E-state index contributed by atoms with van der Waals surface area (Å²) in [6.45, 7) is 8.85. The van der Waals surface area contributed by atoms with Crippen molar-refractivity contribution in [3.8, 4) is 0 Å². The SMILES string of the molecule is CCC1COC1CCOCC1(CC)COC1. The Balaban J connectivity index is 1.55. The molecule has 0 bridgehead atoms. The third-order valence-electron chi connectivity index (χ3n) is 4.10. The Bertz CT molecular complexity index is 206. The van der Waals surface area contributed by atoms with Gasteiger partial charge in [-0.25, -0.2) is 0 Å². The summed E-state index contributed by atoms with van der Waals surface area (Å²) in [6.07, 6.45) is 3.90. The smallest absolute Gasteiger partial charge is 0.0647 e. The van der Waals surface area contributed by atoms with Crippen LogP contribution in [0.1, 0.15) is 33.1 Å². The van der Waals surface area contributed by atoms with Crippen molar-refractivity contribution >= 4 is 0 Å². The van der Waals surface area contributed by atoms with Gasteiger partial charge in [-0.2, -0.15) is 0 Å². The van der Waals surface area contributed by atoms with E-state index in [4.69, 9.17) is 14.2 Å². The highest BCUT2D eigenvalue weighted by Gasteiger charge is 2.37. The van der Waals surface area contributed by atoms with Crippen LogP contribution in [0.3, 0.4) is 0 Å². The van der Waals surface area contributed by atoms with E-state index in [0.717, 1.165) is 51.8 Å².